The summed E-state index contributed by atoms with van der Waals surface area (Å²) >= 11 is 13.3. The van der Waals surface area contributed by atoms with Crippen molar-refractivity contribution in [3.63, 3.8) is 0 Å². The first-order valence-corrected chi connectivity index (χ1v) is 36.9. The molecule has 7 aromatic rings. The van der Waals surface area contributed by atoms with Crippen LogP contribution in [0.4, 0.5) is 5.69 Å². The fraction of sp³-hybridized carbons (Fsp3) is 0.357. The van der Waals surface area contributed by atoms with E-state index in [4.69, 9.17) is 39.7 Å². The fourth-order valence-corrected chi connectivity index (χ4v) is 9.79. The van der Waals surface area contributed by atoms with Gasteiger partial charge in [-0.1, -0.05) is 197 Å². The Morgan fingerprint density at radius 2 is 1.14 bits per heavy atom. The maximum Gasteiger partial charge on any atom is 0.262 e. The van der Waals surface area contributed by atoms with Crippen LogP contribution in [0.5, 0.6) is 0 Å². The monoisotopic (exact) mass is 1540 g/mol. The van der Waals surface area contributed by atoms with Crippen LogP contribution < -0.4 is 62.9 Å². The largest absolute Gasteiger partial charge is 1.00 e. The molecule has 554 valence electrons. The van der Waals surface area contributed by atoms with Crippen molar-refractivity contribution in [1.29, 1.82) is 0 Å². The molecule has 1 heterocycles. The SMILES string of the molecule is CCCCCCCCCCCC=O.CCN=C=O.CN(C)c1cccc2c(S(=O)(=O)NN)cccc12.CO[NH3+].CSCCC=O.Cc1ccc(S(=O)(=O)NN)cc1.O=C(Cl)c1ccccc1.O=C(Cl)c1cccs1.O=C=NCc1ccccc1.O=CC1CC1.[Cl-].[Cl-].[NH3+]OCc1ccccc1. The first-order chi connectivity index (χ1) is 47.1. The molecule has 1 fully saturated rings. The molecule has 0 bridgehead atoms. The predicted octanol–water partition coefficient (Wildman–Crippen LogP) is 6.06. The minimum Gasteiger partial charge on any atom is -1.00 e. The lowest BCUT2D eigenvalue weighted by Gasteiger charge is -2.16. The first-order valence-electron chi connectivity index (χ1n) is 30.9. The Morgan fingerprint density at radius 1 is 0.650 bits per heavy atom. The number of anilines is 1. The Labute approximate surface area is 622 Å². The third kappa shape index (κ3) is 56.0. The van der Waals surface area contributed by atoms with Crippen LogP contribution in [0.3, 0.4) is 0 Å². The Bertz CT molecular complexity index is 3490. The Balaban J connectivity index is -0.000000339. The number of halogens is 4. The maximum absolute atomic E-state index is 11.8. The summed E-state index contributed by atoms with van der Waals surface area (Å²) in [6.07, 6.45) is 23.6. The number of nitrogens with one attached hydrogen (secondary N) is 2. The van der Waals surface area contributed by atoms with Crippen LogP contribution in [0.25, 0.3) is 10.8 Å². The maximum atomic E-state index is 11.8. The van der Waals surface area contributed by atoms with Gasteiger partial charge < -0.3 is 44.1 Å². The van der Waals surface area contributed by atoms with Crippen molar-refractivity contribution in [3.05, 3.63) is 196 Å². The van der Waals surface area contributed by atoms with E-state index in [9.17, 15) is 45.6 Å². The van der Waals surface area contributed by atoms with E-state index in [1.54, 1.807) is 84.2 Å². The van der Waals surface area contributed by atoms with Gasteiger partial charge in [0, 0.05) is 61.4 Å². The van der Waals surface area contributed by atoms with E-state index in [1.165, 1.54) is 100 Å². The number of rotatable bonds is 26. The van der Waals surface area contributed by atoms with Crippen LogP contribution in [0.2, 0.25) is 0 Å². The zero-order valence-corrected chi connectivity index (χ0v) is 64.1. The molecule has 0 atom stereocenters. The highest BCUT2D eigenvalue weighted by Crippen LogP contribution is 2.30. The second-order valence-electron chi connectivity index (χ2n) is 20.3. The molecule has 1 aromatic heterocycles. The first kappa shape index (κ1) is 102. The lowest BCUT2D eigenvalue weighted by atomic mass is 10.1. The van der Waals surface area contributed by atoms with Gasteiger partial charge in [0.05, 0.1) is 28.3 Å². The van der Waals surface area contributed by atoms with Crippen molar-refractivity contribution in [2.75, 3.05) is 44.7 Å². The third-order valence-corrected chi connectivity index (χ3v) is 16.7. The normalized spacial score (nSPS) is 10.1. The fourth-order valence-electron chi connectivity index (χ4n) is 7.10. The Kier molecular flexibility index (Phi) is 70.7. The number of hydrogen-bond donors (Lipinski definition) is 6. The summed E-state index contributed by atoms with van der Waals surface area (Å²) in [5.74, 6) is 17.6. The summed E-state index contributed by atoms with van der Waals surface area (Å²) in [6.45, 7) is 7.49. The van der Waals surface area contributed by atoms with Crippen LogP contribution in [0.1, 0.15) is 134 Å². The number of aliphatic imine (C=N–C) groups is 2. The molecule has 0 saturated heterocycles. The number of nitrogens with two attached hydrogens (primary N) is 2. The van der Waals surface area contributed by atoms with E-state index >= 15 is 0 Å². The molecule has 0 spiro atoms. The van der Waals surface area contributed by atoms with E-state index in [0.29, 0.717) is 47.9 Å². The summed E-state index contributed by atoms with van der Waals surface area (Å²) < 4.78 is 45.8. The number of hydrogen-bond acceptors (Lipinski definition) is 20. The Morgan fingerprint density at radius 3 is 1.50 bits per heavy atom. The van der Waals surface area contributed by atoms with Crippen molar-refractivity contribution in [2.24, 2.45) is 27.6 Å². The van der Waals surface area contributed by atoms with Crippen LogP contribution in [0, 0.1) is 12.8 Å². The van der Waals surface area contributed by atoms with Gasteiger partial charge in [0.1, 0.15) is 25.5 Å². The minimum atomic E-state index is -3.66. The zero-order valence-electron chi connectivity index (χ0n) is 57.9. The standard InChI is InChI=1S/C12H15N3O2S.C12H24O.C8H7NO.C7H5ClO.C7H10N2O2S.C7H10NO.C5H3ClOS.C4H8OS.C4H6O.C3H5NO.CH6NO.2ClH/c1-15(2)11-7-3-6-10-9(11)5-4-8-12(10)18(16,17)14-13;1-2-3-4-5-6-7-8-9-10-11-12-13;10-7-9-6-8-4-2-1-3-5-8;8-7(9)6-4-2-1-3-5-6;1-6-2-4-7(5-3-6)12(10,11)9-8;8-9-6-7-4-2-1-3-5-7;6-5(7)4-2-1-3-8-4;1-6-4-2-3-5;5-3-4-1-2-4;1-2-4-3-5;1-3-2;;/h3-8,14H,13H2,1-2H3;12H,2-11H2,1H3;1-5H,6H2;1-5H;2-5,9H,8H2,1H3;1-5H,6H2,8H3;1-3H;3H,2,4H2,1H3;3-4H,1-2H2;2H2,1H3;1-2H3;2*1H/q;;;;;+1;;;;;+1;;/p-2. The molecular weight excluding hydrogens is 1440 g/mol. The zero-order chi connectivity index (χ0) is 74.1. The van der Waals surface area contributed by atoms with Gasteiger partial charge >= 0.3 is 0 Å². The second kappa shape index (κ2) is 69.4. The summed E-state index contributed by atoms with van der Waals surface area (Å²) in [4.78, 5) is 90.4. The second-order valence-corrected chi connectivity index (χ2v) is 26.3. The highest BCUT2D eigenvalue weighted by atomic mass is 35.5. The quantitative estimate of drug-likeness (QED) is 0.00682. The van der Waals surface area contributed by atoms with E-state index in [1.807, 2.05) is 127 Å². The van der Waals surface area contributed by atoms with E-state index in [-0.39, 0.29) is 39.8 Å². The van der Waals surface area contributed by atoms with Crippen LogP contribution in [-0.2, 0) is 66.8 Å². The van der Waals surface area contributed by atoms with Crippen molar-refractivity contribution in [2.45, 2.75) is 127 Å². The van der Waals surface area contributed by atoms with E-state index in [2.05, 4.69) is 38.4 Å². The molecule has 0 unspecified atom stereocenters. The number of unbranched alkanes of at least 4 members (excludes halogenated alkanes) is 9. The minimum absolute atomic E-state index is 0. The number of aldehydes is 3. The van der Waals surface area contributed by atoms with Crippen LogP contribution >= 0.6 is 46.3 Å². The molecule has 1 saturated carbocycles. The summed E-state index contributed by atoms with van der Waals surface area (Å²) in [5, 5.41) is 2.56. The molecule has 8 rings (SSSR count). The highest BCUT2D eigenvalue weighted by Gasteiger charge is 2.19. The van der Waals surface area contributed by atoms with Gasteiger partial charge in [0.2, 0.25) is 12.2 Å². The van der Waals surface area contributed by atoms with Gasteiger partial charge in [-0.05, 0) is 115 Å². The molecule has 0 radical (unpaired) electrons. The molecule has 22 nitrogen and oxygen atoms in total. The number of fused-ring (bicyclic) bond motifs is 1. The molecule has 6 aromatic carbocycles. The number of nitrogens with zero attached hydrogens (tertiary/aromatic N) is 3. The van der Waals surface area contributed by atoms with Crippen LogP contribution in [-0.4, -0.2) is 98.1 Å². The van der Waals surface area contributed by atoms with E-state index in [0.717, 1.165) is 78.1 Å². The number of aryl methyl sites for hydroxylation is 1. The number of thiophene rings is 1. The number of thioether (sulfide) groups is 1. The number of isocyanates is 2. The number of sulfonamides is 2. The number of carbonyl (C=O) groups excluding carboxylic acids is 7. The average Bonchev–Trinajstić information content (AvgIpc) is 0.960. The number of quaternary nitrogens is 2. The van der Waals surface area contributed by atoms with Crippen molar-refractivity contribution in [1.82, 2.24) is 9.66 Å². The highest BCUT2D eigenvalue weighted by molar-refractivity contribution is 7.98. The summed E-state index contributed by atoms with van der Waals surface area (Å²) in [7, 11) is -1.80. The Hall–Kier alpha value is -6.72. The topological polar surface area (TPSA) is 366 Å². The molecule has 30 heteroatoms. The lowest BCUT2D eigenvalue weighted by Crippen LogP contribution is -3.00. The number of benzene rings is 6. The van der Waals surface area contributed by atoms with Gasteiger partial charge in [-0.25, -0.2) is 57.9 Å². The molecule has 1 aliphatic rings. The van der Waals surface area contributed by atoms with Gasteiger partial charge in [0.25, 0.3) is 30.5 Å². The number of carbonyl (C=O) groups is 5. The van der Waals surface area contributed by atoms with Gasteiger partial charge in [-0.3, -0.25) is 21.3 Å². The van der Waals surface area contributed by atoms with Crippen molar-refractivity contribution in [3.8, 4) is 0 Å². The molecule has 1 aliphatic carbocycles. The summed E-state index contributed by atoms with van der Waals surface area (Å²) in [5.41, 5.74) is 4.70. The number of hydrazine groups is 2. The van der Waals surface area contributed by atoms with E-state index < -0.39 is 25.3 Å². The average molecular weight is 1540 g/mol. The smallest absolute Gasteiger partial charge is 0.262 e. The summed E-state index contributed by atoms with van der Waals surface area (Å²) in [6, 6.07) is 48.9. The predicted molar refractivity (Wildman–Crippen MR) is 396 cm³/mol. The van der Waals surface area contributed by atoms with Crippen LogP contribution in [0.15, 0.2) is 189 Å². The molecule has 0 amide bonds. The van der Waals surface area contributed by atoms with Gasteiger partial charge in [0.15, 0.2) is 0 Å². The lowest BCUT2D eigenvalue weighted by molar-refractivity contribution is -0.695. The molecular formula is C70H99Cl4N9O13S4. The van der Waals surface area contributed by atoms with Crippen molar-refractivity contribution < 1.29 is 96.7 Å². The van der Waals surface area contributed by atoms with Crippen molar-refractivity contribution >= 4 is 124 Å². The molecule has 0 aliphatic heterocycles. The van der Waals surface area contributed by atoms with Gasteiger partial charge in [-0.2, -0.15) is 21.4 Å². The van der Waals surface area contributed by atoms with Gasteiger partial charge in [-0.15, -0.1) is 11.3 Å². The molecule has 12 N–H and O–H groups in total. The molecule has 100 heavy (non-hydrogen) atoms. The third-order valence-electron chi connectivity index (χ3n) is 12.2.